The minimum atomic E-state index is -1.10. The predicted octanol–water partition coefficient (Wildman–Crippen LogP) is 8.27. The fraction of sp³-hybridized carbons (Fsp3) is 0.150. The molecule has 0 fully saturated rings. The minimum Gasteiger partial charge on any atom is -0.497 e. The molecule has 0 spiro atoms. The van der Waals surface area contributed by atoms with E-state index in [-0.39, 0.29) is 11.8 Å². The largest absolute Gasteiger partial charge is 0.497 e. The lowest BCUT2D eigenvalue weighted by Gasteiger charge is -2.32. The molecule has 0 saturated carbocycles. The number of hydrogen-bond donors (Lipinski definition) is 1. The van der Waals surface area contributed by atoms with Crippen molar-refractivity contribution in [2.75, 3.05) is 19.2 Å². The van der Waals surface area contributed by atoms with Gasteiger partial charge in [-0.15, -0.1) is 0 Å². The van der Waals surface area contributed by atoms with Gasteiger partial charge in [-0.3, -0.25) is 4.79 Å². The number of benzene rings is 5. The van der Waals surface area contributed by atoms with Crippen LogP contribution < -0.4 is 14.5 Å². The first kappa shape index (κ1) is 29.1. The summed E-state index contributed by atoms with van der Waals surface area (Å²) in [6.07, 6.45) is 0.448. The predicted molar refractivity (Wildman–Crippen MR) is 184 cm³/mol. The standard InChI is InChI=1S/C40H35N3O3/c1-27-40(26-28-14-6-4-7-15-28,39(44)43(42-27)31-18-8-5-9-19-31)37-34-22-10-11-23-35(34)41-38(37)36(29-16-12-20-32(24-29)45-2)30-17-13-21-33(25-30)46-3/h4-25,36,41H,26H2,1-3H3/t40-/m1/s1. The van der Waals surface area contributed by atoms with Crippen LogP contribution in [-0.4, -0.2) is 30.8 Å². The van der Waals surface area contributed by atoms with Gasteiger partial charge in [-0.25, -0.2) is 0 Å². The van der Waals surface area contributed by atoms with Crippen LogP contribution in [0.3, 0.4) is 0 Å². The zero-order valence-corrected chi connectivity index (χ0v) is 26.1. The van der Waals surface area contributed by atoms with Gasteiger partial charge in [0.15, 0.2) is 0 Å². The van der Waals surface area contributed by atoms with E-state index in [9.17, 15) is 0 Å². The Morgan fingerprint density at radius 2 is 1.33 bits per heavy atom. The number of para-hydroxylation sites is 2. The summed E-state index contributed by atoms with van der Waals surface area (Å²) in [7, 11) is 3.36. The maximum absolute atomic E-state index is 15.2. The fourth-order valence-electron chi connectivity index (χ4n) is 6.85. The van der Waals surface area contributed by atoms with Crippen LogP contribution in [-0.2, 0) is 16.6 Å². The van der Waals surface area contributed by atoms with E-state index in [1.54, 1.807) is 19.2 Å². The van der Waals surface area contributed by atoms with Gasteiger partial charge in [-0.2, -0.15) is 10.1 Å². The molecule has 0 saturated heterocycles. The van der Waals surface area contributed by atoms with Crippen molar-refractivity contribution in [3.05, 3.63) is 161 Å². The Balaban J connectivity index is 1.55. The van der Waals surface area contributed by atoms with Gasteiger partial charge >= 0.3 is 0 Å². The van der Waals surface area contributed by atoms with Crippen LogP contribution in [0.1, 0.15) is 40.8 Å². The summed E-state index contributed by atoms with van der Waals surface area (Å²) in [6, 6.07) is 44.4. The molecular weight excluding hydrogens is 570 g/mol. The number of nitrogens with one attached hydrogen (secondary N) is 1. The van der Waals surface area contributed by atoms with Crippen molar-refractivity contribution in [3.8, 4) is 11.5 Å². The lowest BCUT2D eigenvalue weighted by atomic mass is 9.68. The van der Waals surface area contributed by atoms with Crippen molar-refractivity contribution in [2.45, 2.75) is 24.7 Å². The van der Waals surface area contributed by atoms with Crippen molar-refractivity contribution in [1.29, 1.82) is 0 Å². The number of rotatable bonds is 9. The van der Waals surface area contributed by atoms with Crippen molar-refractivity contribution < 1.29 is 14.3 Å². The Labute approximate surface area is 268 Å². The number of fused-ring (bicyclic) bond motifs is 1. The molecule has 0 unspecified atom stereocenters. The van der Waals surface area contributed by atoms with Crippen LogP contribution in [0.15, 0.2) is 139 Å². The van der Waals surface area contributed by atoms with Crippen molar-refractivity contribution in [3.63, 3.8) is 0 Å². The maximum atomic E-state index is 15.2. The van der Waals surface area contributed by atoms with Crippen molar-refractivity contribution in [2.24, 2.45) is 5.10 Å². The highest BCUT2D eigenvalue weighted by Crippen LogP contribution is 2.48. The second-order valence-corrected chi connectivity index (χ2v) is 11.7. The molecule has 1 aliphatic rings. The highest BCUT2D eigenvalue weighted by molar-refractivity contribution is 6.25. The topological polar surface area (TPSA) is 66.9 Å². The first-order valence-corrected chi connectivity index (χ1v) is 15.4. The molecular formula is C40H35N3O3. The molecule has 2 heterocycles. The van der Waals surface area contributed by atoms with E-state index in [4.69, 9.17) is 14.6 Å². The van der Waals surface area contributed by atoms with Crippen LogP contribution in [0, 0.1) is 0 Å². The monoisotopic (exact) mass is 605 g/mol. The van der Waals surface area contributed by atoms with Crippen LogP contribution in [0.5, 0.6) is 11.5 Å². The Bertz CT molecular complexity index is 2000. The Morgan fingerprint density at radius 3 is 1.96 bits per heavy atom. The maximum Gasteiger partial charge on any atom is 0.264 e. The van der Waals surface area contributed by atoms with E-state index in [0.29, 0.717) is 6.42 Å². The molecule has 46 heavy (non-hydrogen) atoms. The van der Waals surface area contributed by atoms with Gasteiger partial charge in [0, 0.05) is 28.1 Å². The van der Waals surface area contributed by atoms with E-state index in [1.807, 2.05) is 91.9 Å². The Morgan fingerprint density at radius 1 is 0.739 bits per heavy atom. The summed E-state index contributed by atoms with van der Waals surface area (Å²) in [5.74, 6) is 1.15. The highest BCUT2D eigenvalue weighted by Gasteiger charge is 2.54. The zero-order chi connectivity index (χ0) is 31.7. The second-order valence-electron chi connectivity index (χ2n) is 11.7. The zero-order valence-electron chi connectivity index (χ0n) is 26.1. The van der Waals surface area contributed by atoms with Crippen LogP contribution >= 0.6 is 0 Å². The molecule has 0 aliphatic carbocycles. The van der Waals surface area contributed by atoms with Gasteiger partial charge in [-0.1, -0.05) is 91.0 Å². The van der Waals surface area contributed by atoms with Gasteiger partial charge in [-0.05, 0) is 72.5 Å². The van der Waals surface area contributed by atoms with Gasteiger partial charge < -0.3 is 14.5 Å². The number of anilines is 1. The first-order valence-electron chi connectivity index (χ1n) is 15.4. The van der Waals surface area contributed by atoms with E-state index in [2.05, 4.69) is 53.5 Å². The SMILES string of the molecule is COc1cccc(C(c2cccc(OC)c2)c2[nH]c3ccccc3c2[C@]2(Cc3ccccc3)C(=O)N(c3ccccc3)N=C2C)c1. The van der Waals surface area contributed by atoms with Crippen LogP contribution in [0.25, 0.3) is 10.9 Å². The third-order valence-electron chi connectivity index (χ3n) is 9.04. The molecule has 1 aromatic heterocycles. The Hall–Kier alpha value is -5.62. The minimum absolute atomic E-state index is 0.0823. The number of nitrogens with zero attached hydrogens (tertiary/aromatic N) is 2. The summed E-state index contributed by atoms with van der Waals surface area (Å²) < 4.78 is 11.4. The van der Waals surface area contributed by atoms with Crippen LogP contribution in [0.4, 0.5) is 5.69 Å². The number of aromatic nitrogens is 1. The van der Waals surface area contributed by atoms with E-state index < -0.39 is 5.41 Å². The molecule has 5 aromatic carbocycles. The third-order valence-corrected chi connectivity index (χ3v) is 9.04. The molecule has 228 valence electrons. The van der Waals surface area contributed by atoms with Gasteiger partial charge in [0.25, 0.3) is 5.91 Å². The molecule has 0 bridgehead atoms. The van der Waals surface area contributed by atoms with Crippen LogP contribution in [0.2, 0.25) is 0 Å². The Kier molecular flexibility index (Phi) is 7.63. The van der Waals surface area contributed by atoms with E-state index in [0.717, 1.165) is 61.7 Å². The number of carbonyl (C=O) groups excluding carboxylic acids is 1. The smallest absolute Gasteiger partial charge is 0.264 e. The lowest BCUT2D eigenvalue weighted by Crippen LogP contribution is -2.46. The van der Waals surface area contributed by atoms with Gasteiger partial charge in [0.2, 0.25) is 0 Å². The van der Waals surface area contributed by atoms with Crippen molar-refractivity contribution >= 4 is 28.2 Å². The number of methoxy groups -OCH3 is 2. The second kappa shape index (κ2) is 12.1. The third kappa shape index (κ3) is 4.92. The summed E-state index contributed by atoms with van der Waals surface area (Å²) in [4.78, 5) is 19.0. The number of H-pyrrole nitrogens is 1. The summed E-state index contributed by atoms with van der Waals surface area (Å²) in [5, 5.41) is 7.57. The molecule has 6 aromatic rings. The summed E-state index contributed by atoms with van der Waals surface area (Å²) >= 11 is 0. The summed E-state index contributed by atoms with van der Waals surface area (Å²) in [6.45, 7) is 1.99. The molecule has 7 rings (SSSR count). The number of hydrazone groups is 1. The number of amides is 1. The van der Waals surface area contributed by atoms with E-state index >= 15 is 4.79 Å². The average molecular weight is 606 g/mol. The average Bonchev–Trinajstić information content (AvgIpc) is 3.60. The molecule has 1 aliphatic heterocycles. The van der Waals surface area contributed by atoms with E-state index in [1.165, 1.54) is 0 Å². The lowest BCUT2D eigenvalue weighted by molar-refractivity contribution is -0.121. The number of hydrogen-bond acceptors (Lipinski definition) is 4. The fourth-order valence-corrected chi connectivity index (χ4v) is 6.85. The molecule has 6 nitrogen and oxygen atoms in total. The highest BCUT2D eigenvalue weighted by atomic mass is 16.5. The van der Waals surface area contributed by atoms with Gasteiger partial charge in [0.05, 0.1) is 25.6 Å². The number of aromatic amines is 1. The summed E-state index contributed by atoms with van der Waals surface area (Å²) in [5.41, 5.74) is 6.29. The van der Waals surface area contributed by atoms with Crippen molar-refractivity contribution in [1.82, 2.24) is 4.98 Å². The first-order chi connectivity index (χ1) is 22.5. The van der Waals surface area contributed by atoms with Gasteiger partial charge in [0.1, 0.15) is 16.9 Å². The normalized spacial score (nSPS) is 16.2. The quantitative estimate of drug-likeness (QED) is 0.180. The number of carbonyl (C=O) groups is 1. The molecule has 6 heteroatoms. The molecule has 0 radical (unpaired) electrons. The number of ether oxygens (including phenoxy) is 2. The molecule has 1 N–H and O–H groups in total. The molecule has 1 amide bonds. The molecule has 1 atom stereocenters.